The highest BCUT2D eigenvalue weighted by atomic mass is 16.2. The summed E-state index contributed by atoms with van der Waals surface area (Å²) in [5.74, 6) is -0.172. The molecule has 0 radical (unpaired) electrons. The molecule has 2 aromatic rings. The zero-order valence-corrected chi connectivity index (χ0v) is 14.2. The number of carbonyl (C=O) groups is 1. The van der Waals surface area contributed by atoms with Gasteiger partial charge in [-0.2, -0.15) is 0 Å². The van der Waals surface area contributed by atoms with Crippen LogP contribution in [0.25, 0.3) is 0 Å². The minimum Gasteiger partial charge on any atom is -0.334 e. The summed E-state index contributed by atoms with van der Waals surface area (Å²) >= 11 is 0. The van der Waals surface area contributed by atoms with Gasteiger partial charge in [-0.05, 0) is 38.0 Å². The van der Waals surface area contributed by atoms with E-state index in [-0.39, 0.29) is 18.5 Å². The van der Waals surface area contributed by atoms with E-state index >= 15 is 0 Å². The Labute approximate surface area is 140 Å². The highest BCUT2D eigenvalue weighted by Gasteiger charge is 2.20. The summed E-state index contributed by atoms with van der Waals surface area (Å²) in [7, 11) is 0. The number of carbonyl (C=O) groups excluding carboxylic acids is 1. The molecular weight excluding hydrogens is 308 g/mol. The first-order valence-electron chi connectivity index (χ1n) is 7.91. The number of nitrogens with zero attached hydrogens (tertiary/aromatic N) is 3. The van der Waals surface area contributed by atoms with Gasteiger partial charge < -0.3 is 4.90 Å². The number of rotatable bonds is 6. The second kappa shape index (κ2) is 7.72. The van der Waals surface area contributed by atoms with Crippen LogP contribution in [-0.2, 0) is 17.9 Å². The first kappa shape index (κ1) is 17.7. The minimum atomic E-state index is -0.577. The molecule has 0 bridgehead atoms. The number of amides is 1. The zero-order chi connectivity index (χ0) is 17.7. The number of nitrogens with one attached hydrogen (secondary N) is 1. The smallest absolute Gasteiger partial charge is 0.328 e. The first-order valence-corrected chi connectivity index (χ1v) is 7.91. The van der Waals surface area contributed by atoms with Crippen molar-refractivity contribution in [2.75, 3.05) is 0 Å². The van der Waals surface area contributed by atoms with Crippen LogP contribution in [0.3, 0.4) is 0 Å². The van der Waals surface area contributed by atoms with E-state index in [1.54, 1.807) is 24.2 Å². The fourth-order valence-corrected chi connectivity index (χ4v) is 2.37. The summed E-state index contributed by atoms with van der Waals surface area (Å²) in [6.45, 7) is 5.93. The zero-order valence-electron chi connectivity index (χ0n) is 14.2. The summed E-state index contributed by atoms with van der Waals surface area (Å²) in [6, 6.07) is 3.75. The van der Waals surface area contributed by atoms with Crippen molar-refractivity contribution in [3.05, 3.63) is 62.7 Å². The standard InChI is InChI=1S/C17H22N4O3/c1-4-13(3)21(10-14-5-7-18-8-6-14)15(22)11-20-9-12(2)16(23)19-17(20)24/h5-9,13H,4,10-11H2,1-3H3,(H,19,23,24). The summed E-state index contributed by atoms with van der Waals surface area (Å²) in [4.78, 5) is 44.0. The largest absolute Gasteiger partial charge is 0.334 e. The Morgan fingerprint density at radius 2 is 2.00 bits per heavy atom. The molecule has 2 heterocycles. The Bertz CT molecular complexity index is 811. The first-order chi connectivity index (χ1) is 11.4. The van der Waals surface area contributed by atoms with Gasteiger partial charge in [-0.25, -0.2) is 4.79 Å². The number of H-pyrrole nitrogens is 1. The average molecular weight is 330 g/mol. The molecule has 7 heteroatoms. The lowest BCUT2D eigenvalue weighted by Crippen LogP contribution is -2.42. The van der Waals surface area contributed by atoms with Crippen molar-refractivity contribution >= 4 is 5.91 Å². The van der Waals surface area contributed by atoms with Crippen LogP contribution in [0.1, 0.15) is 31.4 Å². The van der Waals surface area contributed by atoms with E-state index in [0.29, 0.717) is 12.1 Å². The van der Waals surface area contributed by atoms with Crippen LogP contribution in [0.4, 0.5) is 0 Å². The topological polar surface area (TPSA) is 88.1 Å². The van der Waals surface area contributed by atoms with Gasteiger partial charge in [0.15, 0.2) is 0 Å². The molecule has 1 atom stereocenters. The number of pyridine rings is 1. The highest BCUT2D eigenvalue weighted by Crippen LogP contribution is 2.11. The molecule has 0 fully saturated rings. The molecule has 0 saturated heterocycles. The maximum atomic E-state index is 12.7. The van der Waals surface area contributed by atoms with Crippen LogP contribution < -0.4 is 11.2 Å². The van der Waals surface area contributed by atoms with Crippen molar-refractivity contribution in [2.45, 2.75) is 46.3 Å². The fraction of sp³-hybridized carbons (Fsp3) is 0.412. The van der Waals surface area contributed by atoms with Gasteiger partial charge in [0.2, 0.25) is 5.91 Å². The molecular formula is C17H22N4O3. The maximum absolute atomic E-state index is 12.7. The third-order valence-corrected chi connectivity index (χ3v) is 4.04. The number of aromatic amines is 1. The number of hydrogen-bond donors (Lipinski definition) is 1. The van der Waals surface area contributed by atoms with Gasteiger partial charge in [-0.15, -0.1) is 0 Å². The Kier molecular flexibility index (Phi) is 5.68. The molecule has 2 aromatic heterocycles. The average Bonchev–Trinajstić information content (AvgIpc) is 2.57. The van der Waals surface area contributed by atoms with Gasteiger partial charge in [0.25, 0.3) is 5.56 Å². The summed E-state index contributed by atoms with van der Waals surface area (Å²) in [5, 5.41) is 0. The van der Waals surface area contributed by atoms with Crippen molar-refractivity contribution < 1.29 is 4.79 Å². The lowest BCUT2D eigenvalue weighted by atomic mass is 10.1. The van der Waals surface area contributed by atoms with Crippen molar-refractivity contribution in [3.63, 3.8) is 0 Å². The predicted octanol–water partition coefficient (Wildman–Crippen LogP) is 1.07. The highest BCUT2D eigenvalue weighted by molar-refractivity contribution is 5.76. The number of aromatic nitrogens is 3. The molecule has 0 aliphatic rings. The number of aryl methyl sites for hydroxylation is 1. The van der Waals surface area contributed by atoms with E-state index < -0.39 is 11.2 Å². The molecule has 0 saturated carbocycles. The van der Waals surface area contributed by atoms with E-state index in [1.807, 2.05) is 26.0 Å². The third kappa shape index (κ3) is 4.18. The molecule has 1 unspecified atom stereocenters. The van der Waals surface area contributed by atoms with Crippen molar-refractivity contribution in [1.29, 1.82) is 0 Å². The van der Waals surface area contributed by atoms with E-state index in [2.05, 4.69) is 9.97 Å². The lowest BCUT2D eigenvalue weighted by molar-refractivity contribution is -0.134. The van der Waals surface area contributed by atoms with Gasteiger partial charge >= 0.3 is 5.69 Å². The quantitative estimate of drug-likeness (QED) is 0.858. The summed E-state index contributed by atoms with van der Waals surface area (Å²) < 4.78 is 1.24. The molecule has 128 valence electrons. The molecule has 24 heavy (non-hydrogen) atoms. The van der Waals surface area contributed by atoms with E-state index in [9.17, 15) is 14.4 Å². The molecule has 0 spiro atoms. The summed E-state index contributed by atoms with van der Waals surface area (Å²) in [5.41, 5.74) is 0.362. The molecule has 1 amide bonds. The number of hydrogen-bond acceptors (Lipinski definition) is 4. The van der Waals surface area contributed by atoms with Crippen molar-refractivity contribution in [3.8, 4) is 0 Å². The molecule has 2 rings (SSSR count). The second-order valence-electron chi connectivity index (χ2n) is 5.83. The van der Waals surface area contributed by atoms with Crippen LogP contribution in [0.2, 0.25) is 0 Å². The maximum Gasteiger partial charge on any atom is 0.328 e. The summed E-state index contributed by atoms with van der Waals surface area (Å²) in [6.07, 6.45) is 5.59. The van der Waals surface area contributed by atoms with Gasteiger partial charge in [0.05, 0.1) is 0 Å². The van der Waals surface area contributed by atoms with E-state index in [4.69, 9.17) is 0 Å². The molecule has 0 aromatic carbocycles. The third-order valence-electron chi connectivity index (χ3n) is 4.04. The van der Waals surface area contributed by atoms with Crippen LogP contribution in [0, 0.1) is 6.92 Å². The second-order valence-corrected chi connectivity index (χ2v) is 5.83. The monoisotopic (exact) mass is 330 g/mol. The van der Waals surface area contributed by atoms with Crippen molar-refractivity contribution in [1.82, 2.24) is 19.4 Å². The lowest BCUT2D eigenvalue weighted by Gasteiger charge is -2.29. The normalized spacial score (nSPS) is 12.0. The Hall–Kier alpha value is -2.70. The van der Waals surface area contributed by atoms with Gasteiger partial charge in [0.1, 0.15) is 6.54 Å². The molecule has 1 N–H and O–H groups in total. The van der Waals surface area contributed by atoms with Crippen molar-refractivity contribution in [2.24, 2.45) is 0 Å². The van der Waals surface area contributed by atoms with Gasteiger partial charge in [-0.3, -0.25) is 24.1 Å². The van der Waals surface area contributed by atoms with Gasteiger partial charge in [0, 0.05) is 36.7 Å². The van der Waals surface area contributed by atoms with Crippen LogP contribution in [0.15, 0.2) is 40.3 Å². The Morgan fingerprint density at radius 3 is 2.62 bits per heavy atom. The van der Waals surface area contributed by atoms with Crippen LogP contribution in [0.5, 0.6) is 0 Å². The SMILES string of the molecule is CCC(C)N(Cc1ccncc1)C(=O)Cn1cc(C)c(=O)[nH]c1=O. The van der Waals surface area contributed by atoms with Gasteiger partial charge in [-0.1, -0.05) is 6.92 Å². The molecule has 7 nitrogen and oxygen atoms in total. The Balaban J connectivity index is 2.24. The van der Waals surface area contributed by atoms with E-state index in [0.717, 1.165) is 12.0 Å². The minimum absolute atomic E-state index is 0.0326. The van der Waals surface area contributed by atoms with Crippen LogP contribution in [-0.4, -0.2) is 31.4 Å². The van der Waals surface area contributed by atoms with E-state index in [1.165, 1.54) is 10.8 Å². The predicted molar refractivity (Wildman–Crippen MR) is 90.6 cm³/mol. The fourth-order valence-electron chi connectivity index (χ4n) is 2.37. The Morgan fingerprint density at radius 1 is 1.33 bits per heavy atom. The molecule has 0 aliphatic carbocycles. The van der Waals surface area contributed by atoms with Crippen LogP contribution >= 0.6 is 0 Å². The molecule has 0 aliphatic heterocycles.